The van der Waals surface area contributed by atoms with Crippen molar-refractivity contribution in [3.8, 4) is 22.6 Å². The summed E-state index contributed by atoms with van der Waals surface area (Å²) in [5.41, 5.74) is 3.87. The Balaban J connectivity index is 1.58. The molecule has 1 N–H and O–H groups in total. The second-order valence-corrected chi connectivity index (χ2v) is 9.27. The van der Waals surface area contributed by atoms with E-state index in [1.54, 1.807) is 25.3 Å². The van der Waals surface area contributed by atoms with Gasteiger partial charge in [0, 0.05) is 17.7 Å². The van der Waals surface area contributed by atoms with Crippen LogP contribution in [-0.2, 0) is 22.7 Å². The fourth-order valence-electron chi connectivity index (χ4n) is 4.56. The Bertz CT molecular complexity index is 1190. The van der Waals surface area contributed by atoms with Crippen molar-refractivity contribution in [1.29, 1.82) is 0 Å². The van der Waals surface area contributed by atoms with Gasteiger partial charge in [0.05, 0.1) is 20.1 Å². The monoisotopic (exact) mass is 492 g/mol. The molecule has 0 amide bonds. The van der Waals surface area contributed by atoms with Crippen LogP contribution in [0.25, 0.3) is 11.1 Å². The smallest absolute Gasteiger partial charge is 0.303 e. The average molecular weight is 493 g/mol. The van der Waals surface area contributed by atoms with E-state index in [-0.39, 0.29) is 24.8 Å². The first-order valence-electron chi connectivity index (χ1n) is 12.5. The van der Waals surface area contributed by atoms with Gasteiger partial charge in [-0.3, -0.25) is 4.79 Å². The summed E-state index contributed by atoms with van der Waals surface area (Å²) in [6, 6.07) is 18.1. The zero-order valence-corrected chi connectivity index (χ0v) is 20.8. The van der Waals surface area contributed by atoms with Gasteiger partial charge in [-0.2, -0.15) is 0 Å². The highest BCUT2D eigenvalue weighted by Gasteiger charge is 2.28. The Morgan fingerprint density at radius 2 is 1.83 bits per heavy atom. The molecular formula is C30H33FO5. The molecule has 36 heavy (non-hydrogen) atoms. The molecule has 5 nitrogen and oxygen atoms in total. The van der Waals surface area contributed by atoms with Crippen LogP contribution in [0.15, 0.2) is 60.7 Å². The van der Waals surface area contributed by atoms with Crippen LogP contribution in [0.1, 0.15) is 55.2 Å². The summed E-state index contributed by atoms with van der Waals surface area (Å²) < 4.78 is 32.1. The predicted octanol–water partition coefficient (Wildman–Crippen LogP) is 6.98. The number of aliphatic carboxylic acids is 1. The first kappa shape index (κ1) is 25.7. The lowest BCUT2D eigenvalue weighted by Gasteiger charge is -2.18. The van der Waals surface area contributed by atoms with Crippen LogP contribution < -0.4 is 9.47 Å². The highest BCUT2D eigenvalue weighted by Crippen LogP contribution is 2.40. The van der Waals surface area contributed by atoms with Crippen molar-refractivity contribution in [2.45, 2.75) is 51.7 Å². The Morgan fingerprint density at radius 1 is 1.03 bits per heavy atom. The topological polar surface area (TPSA) is 65.0 Å². The van der Waals surface area contributed by atoms with Gasteiger partial charge in [0.2, 0.25) is 0 Å². The maximum absolute atomic E-state index is 14.6. The number of hydrogen-bond acceptors (Lipinski definition) is 4. The molecule has 1 aliphatic rings. The number of benzene rings is 3. The van der Waals surface area contributed by atoms with Crippen molar-refractivity contribution in [2.75, 3.05) is 13.7 Å². The second kappa shape index (κ2) is 12.0. The molecule has 0 spiro atoms. The molecule has 1 aliphatic carbocycles. The summed E-state index contributed by atoms with van der Waals surface area (Å²) in [7, 11) is 1.58. The summed E-state index contributed by atoms with van der Waals surface area (Å²) in [4.78, 5) is 11.4. The van der Waals surface area contributed by atoms with Crippen LogP contribution in [0.4, 0.5) is 4.39 Å². The highest BCUT2D eigenvalue weighted by molar-refractivity contribution is 5.71. The lowest BCUT2D eigenvalue weighted by atomic mass is 9.90. The molecule has 6 heteroatoms. The molecule has 1 atom stereocenters. The third-order valence-corrected chi connectivity index (χ3v) is 6.59. The van der Waals surface area contributed by atoms with Gasteiger partial charge < -0.3 is 19.3 Å². The third kappa shape index (κ3) is 6.64. The highest BCUT2D eigenvalue weighted by atomic mass is 19.1. The van der Waals surface area contributed by atoms with E-state index in [0.29, 0.717) is 36.2 Å². The van der Waals surface area contributed by atoms with Crippen LogP contribution in [0.5, 0.6) is 11.5 Å². The third-order valence-electron chi connectivity index (χ3n) is 6.59. The fourth-order valence-corrected chi connectivity index (χ4v) is 4.56. The van der Waals surface area contributed by atoms with Gasteiger partial charge in [0.15, 0.2) is 0 Å². The molecule has 190 valence electrons. The van der Waals surface area contributed by atoms with Crippen LogP contribution >= 0.6 is 0 Å². The average Bonchev–Trinajstić information content (AvgIpc) is 3.70. The molecule has 0 bridgehead atoms. The van der Waals surface area contributed by atoms with E-state index in [1.807, 2.05) is 43.3 Å². The summed E-state index contributed by atoms with van der Waals surface area (Å²) in [5.74, 6) is 0.784. The number of carboxylic acid groups (broad SMARTS) is 1. The first-order valence-corrected chi connectivity index (χ1v) is 12.5. The molecule has 0 heterocycles. The van der Waals surface area contributed by atoms with Gasteiger partial charge in [0.25, 0.3) is 0 Å². The van der Waals surface area contributed by atoms with Crippen LogP contribution in [0.3, 0.4) is 0 Å². The molecule has 1 fully saturated rings. The van der Waals surface area contributed by atoms with E-state index in [0.717, 1.165) is 28.7 Å². The Hall–Kier alpha value is -3.38. The predicted molar refractivity (Wildman–Crippen MR) is 137 cm³/mol. The molecule has 3 aromatic rings. The van der Waals surface area contributed by atoms with Crippen molar-refractivity contribution in [2.24, 2.45) is 5.92 Å². The summed E-state index contributed by atoms with van der Waals surface area (Å²) in [5, 5.41) is 9.39. The van der Waals surface area contributed by atoms with E-state index < -0.39 is 5.97 Å². The minimum atomic E-state index is -0.784. The van der Waals surface area contributed by atoms with Crippen LogP contribution in [0.2, 0.25) is 0 Å². The number of methoxy groups -OCH3 is 1. The summed E-state index contributed by atoms with van der Waals surface area (Å²) in [6.45, 7) is 3.05. The minimum absolute atomic E-state index is 0.0223. The molecule has 0 unspecified atom stereocenters. The minimum Gasteiger partial charge on any atom is -0.496 e. The molecule has 0 saturated heterocycles. The Morgan fingerprint density at radius 3 is 2.53 bits per heavy atom. The summed E-state index contributed by atoms with van der Waals surface area (Å²) >= 11 is 0. The van der Waals surface area contributed by atoms with Crippen LogP contribution in [0, 0.1) is 11.7 Å². The van der Waals surface area contributed by atoms with Crippen molar-refractivity contribution < 1.29 is 28.5 Å². The largest absolute Gasteiger partial charge is 0.496 e. The molecule has 0 aromatic heterocycles. The van der Waals surface area contributed by atoms with Crippen molar-refractivity contribution in [3.05, 3.63) is 83.2 Å². The van der Waals surface area contributed by atoms with Crippen molar-refractivity contribution >= 4 is 5.97 Å². The van der Waals surface area contributed by atoms with E-state index in [4.69, 9.17) is 14.2 Å². The number of carbonyl (C=O) groups is 1. The fraction of sp³-hybridized carbons (Fsp3) is 0.367. The first-order chi connectivity index (χ1) is 17.5. The summed E-state index contributed by atoms with van der Waals surface area (Å²) in [6.07, 6.45) is 3.37. The SMILES string of the molecule is CCOCc1cc(COc2cccc([C@@H](CC(=O)O)CC3CC3)c2)c(OC)cc1-c1ccccc1F. The molecular weight excluding hydrogens is 459 g/mol. The Labute approximate surface area is 211 Å². The second-order valence-electron chi connectivity index (χ2n) is 9.27. The number of halogens is 1. The van der Waals surface area contributed by atoms with Gasteiger partial charge in [-0.25, -0.2) is 4.39 Å². The van der Waals surface area contributed by atoms with E-state index in [2.05, 4.69) is 0 Å². The van der Waals surface area contributed by atoms with E-state index in [9.17, 15) is 14.3 Å². The van der Waals surface area contributed by atoms with Gasteiger partial charge in [0.1, 0.15) is 23.9 Å². The van der Waals surface area contributed by atoms with Crippen LogP contribution in [-0.4, -0.2) is 24.8 Å². The maximum atomic E-state index is 14.6. The number of hydrogen-bond donors (Lipinski definition) is 1. The molecule has 4 rings (SSSR count). The Kier molecular flexibility index (Phi) is 8.60. The maximum Gasteiger partial charge on any atom is 0.303 e. The number of ether oxygens (including phenoxy) is 3. The molecule has 0 aliphatic heterocycles. The van der Waals surface area contributed by atoms with Gasteiger partial charge >= 0.3 is 5.97 Å². The zero-order valence-electron chi connectivity index (χ0n) is 20.8. The lowest BCUT2D eigenvalue weighted by Crippen LogP contribution is -2.08. The van der Waals surface area contributed by atoms with E-state index >= 15 is 0 Å². The molecule has 0 radical (unpaired) electrons. The molecule has 3 aromatic carbocycles. The van der Waals surface area contributed by atoms with Gasteiger partial charge in [-0.15, -0.1) is 0 Å². The number of carboxylic acids is 1. The standard InChI is InChI=1S/C30H33FO5/c1-3-35-18-23-14-24(29(34-2)17-27(23)26-9-4-5-10-28(26)31)19-36-25-8-6-7-21(15-25)22(16-30(32)33)13-20-11-12-20/h4-10,14-15,17,20,22H,3,11-13,16,18-19H2,1-2H3,(H,32,33)/t22-/m1/s1. The number of rotatable bonds is 13. The van der Waals surface area contributed by atoms with Gasteiger partial charge in [-0.05, 0) is 72.2 Å². The zero-order chi connectivity index (χ0) is 25.5. The van der Waals surface area contributed by atoms with Crippen molar-refractivity contribution in [1.82, 2.24) is 0 Å². The lowest BCUT2D eigenvalue weighted by molar-refractivity contribution is -0.137. The van der Waals surface area contributed by atoms with Crippen molar-refractivity contribution in [3.63, 3.8) is 0 Å². The van der Waals surface area contributed by atoms with E-state index in [1.165, 1.54) is 18.9 Å². The van der Waals surface area contributed by atoms with Gasteiger partial charge in [-0.1, -0.05) is 43.2 Å². The normalized spacial score (nSPS) is 13.9. The quantitative estimate of drug-likeness (QED) is 0.279. The molecule has 1 saturated carbocycles.